The highest BCUT2D eigenvalue weighted by atomic mass is 32.1. The Bertz CT molecular complexity index is 682. The fourth-order valence-corrected chi connectivity index (χ4v) is 2.46. The van der Waals surface area contributed by atoms with Crippen molar-refractivity contribution in [1.82, 2.24) is 9.13 Å². The van der Waals surface area contributed by atoms with Gasteiger partial charge in [0.2, 0.25) is 0 Å². The van der Waals surface area contributed by atoms with E-state index in [2.05, 4.69) is 0 Å². The van der Waals surface area contributed by atoms with Gasteiger partial charge >= 0.3 is 5.69 Å². The SMILES string of the molecule is NC(=S)c1ccccc1Cn1ccn(C2CC2)c1=O. The first-order valence-corrected chi connectivity index (χ1v) is 6.72. The Morgan fingerprint density at radius 2 is 2.05 bits per heavy atom. The van der Waals surface area contributed by atoms with Crippen LogP contribution in [0.15, 0.2) is 41.5 Å². The lowest BCUT2D eigenvalue weighted by Gasteiger charge is -2.08. The topological polar surface area (TPSA) is 52.9 Å². The smallest absolute Gasteiger partial charge is 0.328 e. The minimum Gasteiger partial charge on any atom is -0.389 e. The summed E-state index contributed by atoms with van der Waals surface area (Å²) in [4.78, 5) is 12.6. The Hall–Kier alpha value is -1.88. The fourth-order valence-electron chi connectivity index (χ4n) is 2.26. The van der Waals surface area contributed by atoms with Crippen LogP contribution in [0.25, 0.3) is 0 Å². The maximum absolute atomic E-state index is 12.2. The van der Waals surface area contributed by atoms with Crippen molar-refractivity contribution in [3.8, 4) is 0 Å². The second kappa shape index (κ2) is 4.66. The number of thiocarbonyl (C=S) groups is 1. The van der Waals surface area contributed by atoms with Crippen LogP contribution >= 0.6 is 12.2 Å². The van der Waals surface area contributed by atoms with Crippen molar-refractivity contribution in [2.24, 2.45) is 5.73 Å². The van der Waals surface area contributed by atoms with Crippen molar-refractivity contribution in [2.75, 3.05) is 0 Å². The zero-order valence-corrected chi connectivity index (χ0v) is 11.3. The first kappa shape index (κ1) is 12.2. The molecule has 4 nitrogen and oxygen atoms in total. The highest BCUT2D eigenvalue weighted by Crippen LogP contribution is 2.33. The number of imidazole rings is 1. The second-order valence-corrected chi connectivity index (χ2v) is 5.31. The minimum absolute atomic E-state index is 0.0419. The number of nitrogens with zero attached hydrogens (tertiary/aromatic N) is 2. The summed E-state index contributed by atoms with van der Waals surface area (Å²) >= 11 is 5.04. The summed E-state index contributed by atoms with van der Waals surface area (Å²) in [7, 11) is 0. The van der Waals surface area contributed by atoms with Gasteiger partial charge in [-0.2, -0.15) is 0 Å². The largest absolute Gasteiger partial charge is 0.389 e. The van der Waals surface area contributed by atoms with Gasteiger partial charge in [-0.3, -0.25) is 9.13 Å². The van der Waals surface area contributed by atoms with Crippen molar-refractivity contribution in [2.45, 2.75) is 25.4 Å². The number of nitrogens with two attached hydrogens (primary N) is 1. The third-order valence-electron chi connectivity index (χ3n) is 3.44. The first-order chi connectivity index (χ1) is 9.16. The van der Waals surface area contributed by atoms with E-state index in [4.69, 9.17) is 18.0 Å². The van der Waals surface area contributed by atoms with Crippen LogP contribution in [0.1, 0.15) is 30.0 Å². The van der Waals surface area contributed by atoms with E-state index in [1.807, 2.05) is 41.2 Å². The van der Waals surface area contributed by atoms with Gasteiger partial charge < -0.3 is 5.73 Å². The zero-order valence-electron chi connectivity index (χ0n) is 10.5. The molecule has 0 aliphatic heterocycles. The van der Waals surface area contributed by atoms with E-state index in [0.29, 0.717) is 17.6 Å². The van der Waals surface area contributed by atoms with Crippen molar-refractivity contribution < 1.29 is 0 Å². The number of rotatable bonds is 4. The molecule has 2 aromatic rings. The molecule has 1 aliphatic carbocycles. The summed E-state index contributed by atoms with van der Waals surface area (Å²) in [6.07, 6.45) is 5.90. The molecular weight excluding hydrogens is 258 g/mol. The van der Waals surface area contributed by atoms with Crippen LogP contribution < -0.4 is 11.4 Å². The molecule has 1 aromatic carbocycles. The van der Waals surface area contributed by atoms with Gasteiger partial charge in [0.15, 0.2) is 0 Å². The monoisotopic (exact) mass is 273 g/mol. The number of hydrogen-bond acceptors (Lipinski definition) is 2. The van der Waals surface area contributed by atoms with Gasteiger partial charge in [0.25, 0.3) is 0 Å². The Morgan fingerprint density at radius 3 is 2.74 bits per heavy atom. The van der Waals surface area contributed by atoms with Crippen LogP contribution in [0.4, 0.5) is 0 Å². The lowest BCUT2D eigenvalue weighted by molar-refractivity contribution is 0.656. The molecule has 98 valence electrons. The number of benzene rings is 1. The quantitative estimate of drug-likeness (QED) is 0.862. The summed E-state index contributed by atoms with van der Waals surface area (Å²) < 4.78 is 3.51. The molecule has 1 heterocycles. The molecule has 0 amide bonds. The lowest BCUT2D eigenvalue weighted by atomic mass is 10.1. The lowest BCUT2D eigenvalue weighted by Crippen LogP contribution is -2.24. The zero-order chi connectivity index (χ0) is 13.4. The second-order valence-electron chi connectivity index (χ2n) is 4.87. The number of aromatic nitrogens is 2. The van der Waals surface area contributed by atoms with Crippen molar-refractivity contribution >= 4 is 17.2 Å². The standard InChI is InChI=1S/C14H15N3OS/c15-13(19)12-4-2-1-3-10(12)9-16-7-8-17(14(16)18)11-5-6-11/h1-4,7-8,11H,5-6,9H2,(H2,15,19). The Kier molecular flexibility index (Phi) is 2.98. The highest BCUT2D eigenvalue weighted by molar-refractivity contribution is 7.80. The maximum Gasteiger partial charge on any atom is 0.328 e. The number of hydrogen-bond donors (Lipinski definition) is 1. The van der Waals surface area contributed by atoms with E-state index in [-0.39, 0.29) is 5.69 Å². The van der Waals surface area contributed by atoms with Crippen LogP contribution in [0.5, 0.6) is 0 Å². The first-order valence-electron chi connectivity index (χ1n) is 6.32. The van der Waals surface area contributed by atoms with E-state index in [1.165, 1.54) is 0 Å². The summed E-state index contributed by atoms with van der Waals surface area (Å²) in [6, 6.07) is 8.08. The molecule has 0 saturated heterocycles. The minimum atomic E-state index is 0.0419. The molecule has 0 atom stereocenters. The summed E-state index contributed by atoms with van der Waals surface area (Å²) in [5.74, 6) is 0. The van der Waals surface area contributed by atoms with Gasteiger partial charge in [0.05, 0.1) is 6.54 Å². The Balaban J connectivity index is 1.93. The summed E-state index contributed by atoms with van der Waals surface area (Å²) in [5, 5.41) is 0. The van der Waals surface area contributed by atoms with Gasteiger partial charge in [0, 0.05) is 24.0 Å². The molecule has 1 fully saturated rings. The molecule has 0 radical (unpaired) electrons. The maximum atomic E-state index is 12.2. The van der Waals surface area contributed by atoms with E-state index in [0.717, 1.165) is 24.0 Å². The van der Waals surface area contributed by atoms with Crippen LogP contribution in [-0.2, 0) is 6.54 Å². The average molecular weight is 273 g/mol. The molecule has 2 N–H and O–H groups in total. The van der Waals surface area contributed by atoms with E-state index < -0.39 is 0 Å². The molecule has 0 unspecified atom stereocenters. The predicted octanol–water partition coefficient (Wildman–Crippen LogP) is 1.67. The van der Waals surface area contributed by atoms with Gasteiger partial charge in [0.1, 0.15) is 4.99 Å². The molecule has 3 rings (SSSR count). The molecule has 1 saturated carbocycles. The Morgan fingerprint density at radius 1 is 1.32 bits per heavy atom. The molecule has 5 heteroatoms. The molecule has 0 spiro atoms. The van der Waals surface area contributed by atoms with Crippen LogP contribution in [0.2, 0.25) is 0 Å². The molecule has 19 heavy (non-hydrogen) atoms. The third kappa shape index (κ3) is 2.33. The van der Waals surface area contributed by atoms with E-state index >= 15 is 0 Å². The highest BCUT2D eigenvalue weighted by Gasteiger charge is 2.25. The van der Waals surface area contributed by atoms with Crippen LogP contribution in [0, 0.1) is 0 Å². The van der Waals surface area contributed by atoms with Crippen LogP contribution in [0.3, 0.4) is 0 Å². The van der Waals surface area contributed by atoms with Crippen molar-refractivity contribution in [1.29, 1.82) is 0 Å². The Labute approximate surface area is 116 Å². The molecular formula is C14H15N3OS. The van der Waals surface area contributed by atoms with Crippen molar-refractivity contribution in [3.05, 3.63) is 58.3 Å². The van der Waals surface area contributed by atoms with Gasteiger partial charge in [-0.05, 0) is 18.4 Å². The van der Waals surface area contributed by atoms with Crippen LogP contribution in [-0.4, -0.2) is 14.1 Å². The van der Waals surface area contributed by atoms with Gasteiger partial charge in [-0.1, -0.05) is 36.5 Å². The van der Waals surface area contributed by atoms with Crippen molar-refractivity contribution in [3.63, 3.8) is 0 Å². The van der Waals surface area contributed by atoms with E-state index in [1.54, 1.807) is 4.57 Å². The summed E-state index contributed by atoms with van der Waals surface area (Å²) in [5.41, 5.74) is 7.56. The van der Waals surface area contributed by atoms with Gasteiger partial charge in [-0.25, -0.2) is 4.79 Å². The molecule has 1 aromatic heterocycles. The third-order valence-corrected chi connectivity index (χ3v) is 3.66. The average Bonchev–Trinajstić information content (AvgIpc) is 3.17. The summed E-state index contributed by atoms with van der Waals surface area (Å²) in [6.45, 7) is 0.506. The predicted molar refractivity (Wildman–Crippen MR) is 78.4 cm³/mol. The molecule has 0 bridgehead atoms. The normalized spacial score (nSPS) is 14.5. The van der Waals surface area contributed by atoms with Gasteiger partial charge in [-0.15, -0.1) is 0 Å². The van der Waals surface area contributed by atoms with E-state index in [9.17, 15) is 4.79 Å². The molecule has 1 aliphatic rings. The fraction of sp³-hybridized carbons (Fsp3) is 0.286.